The van der Waals surface area contributed by atoms with E-state index in [-0.39, 0.29) is 5.41 Å². The summed E-state index contributed by atoms with van der Waals surface area (Å²) >= 11 is 0. The predicted molar refractivity (Wildman–Crippen MR) is 61.6 cm³/mol. The van der Waals surface area contributed by atoms with Crippen molar-refractivity contribution in [3.05, 3.63) is 35.4 Å². The summed E-state index contributed by atoms with van der Waals surface area (Å²) in [6.45, 7) is 6.53. The molecular weight excluding hydrogens is 182 g/mol. The lowest BCUT2D eigenvalue weighted by molar-refractivity contribution is 0.788. The van der Waals surface area contributed by atoms with E-state index in [4.69, 9.17) is 0 Å². The Morgan fingerprint density at radius 3 is 2.20 bits per heavy atom. The van der Waals surface area contributed by atoms with Gasteiger partial charge in [0, 0.05) is 0 Å². The highest BCUT2D eigenvalue weighted by molar-refractivity contribution is 5.42. The average Bonchev–Trinajstić information content (AvgIpc) is 2.91. The second-order valence-electron chi connectivity index (χ2n) is 4.97. The monoisotopic (exact) mass is 199 g/mol. The molecule has 0 bridgehead atoms. The average molecular weight is 199 g/mol. The summed E-state index contributed by atoms with van der Waals surface area (Å²) in [5, 5.41) is 9.21. The van der Waals surface area contributed by atoms with Gasteiger partial charge in [-0.3, -0.25) is 0 Å². The fourth-order valence-electron chi connectivity index (χ4n) is 2.21. The molecule has 2 unspecified atom stereocenters. The van der Waals surface area contributed by atoms with E-state index < -0.39 is 0 Å². The minimum absolute atomic E-state index is 0.171. The Morgan fingerprint density at radius 1 is 1.33 bits per heavy atom. The van der Waals surface area contributed by atoms with Crippen LogP contribution in [0.3, 0.4) is 0 Å². The van der Waals surface area contributed by atoms with Crippen molar-refractivity contribution in [2.45, 2.75) is 38.5 Å². The summed E-state index contributed by atoms with van der Waals surface area (Å²) in [6.07, 6.45) is 1.02. The molecule has 15 heavy (non-hydrogen) atoms. The van der Waals surface area contributed by atoms with Crippen molar-refractivity contribution in [2.75, 3.05) is 0 Å². The third-order valence-electron chi connectivity index (χ3n) is 3.60. The lowest BCUT2D eigenvalue weighted by Crippen LogP contribution is -2.05. The molecule has 0 amide bonds. The highest BCUT2D eigenvalue weighted by atomic mass is 14.6. The Morgan fingerprint density at radius 2 is 1.87 bits per heavy atom. The predicted octanol–water partition coefficient (Wildman–Crippen LogP) is 3.61. The van der Waals surface area contributed by atoms with E-state index in [1.54, 1.807) is 0 Å². The molecule has 1 aromatic carbocycles. The van der Waals surface area contributed by atoms with Gasteiger partial charge in [0.25, 0.3) is 0 Å². The minimum Gasteiger partial charge on any atom is -0.197 e. The highest BCUT2D eigenvalue weighted by Gasteiger charge is 2.53. The maximum absolute atomic E-state index is 9.21. The second-order valence-corrected chi connectivity index (χ2v) is 4.97. The summed E-state index contributed by atoms with van der Waals surface area (Å²) in [5.41, 5.74) is 2.37. The summed E-state index contributed by atoms with van der Waals surface area (Å²) in [5.74, 6) is 1.08. The third kappa shape index (κ3) is 1.55. The van der Waals surface area contributed by atoms with Gasteiger partial charge < -0.3 is 0 Å². The van der Waals surface area contributed by atoms with Crippen LogP contribution in [-0.4, -0.2) is 0 Å². The molecule has 0 aliphatic heterocycles. The summed E-state index contributed by atoms with van der Waals surface area (Å²) < 4.78 is 0. The Hall–Kier alpha value is -1.29. The molecule has 0 N–H and O–H groups in total. The summed E-state index contributed by atoms with van der Waals surface area (Å²) in [4.78, 5) is 0. The molecule has 78 valence electrons. The van der Waals surface area contributed by atoms with Gasteiger partial charge in [-0.05, 0) is 29.4 Å². The van der Waals surface area contributed by atoms with Crippen molar-refractivity contribution in [2.24, 2.45) is 5.92 Å². The van der Waals surface area contributed by atoms with Crippen LogP contribution in [0.4, 0.5) is 0 Å². The molecule has 1 saturated carbocycles. The smallest absolute Gasteiger partial charge is 0.0851 e. The summed E-state index contributed by atoms with van der Waals surface area (Å²) in [6, 6.07) is 11.0. The van der Waals surface area contributed by atoms with Crippen LogP contribution < -0.4 is 0 Å². The van der Waals surface area contributed by atoms with Crippen LogP contribution in [0, 0.1) is 17.2 Å². The Kier molecular flexibility index (Phi) is 2.31. The van der Waals surface area contributed by atoms with Crippen molar-refractivity contribution in [3.63, 3.8) is 0 Å². The molecule has 0 saturated heterocycles. The molecule has 1 fully saturated rings. The van der Waals surface area contributed by atoms with Gasteiger partial charge in [0.2, 0.25) is 0 Å². The lowest BCUT2D eigenvalue weighted by Gasteiger charge is -2.10. The number of rotatable bonds is 2. The molecule has 1 aliphatic rings. The number of benzene rings is 1. The van der Waals surface area contributed by atoms with Gasteiger partial charge in [0.05, 0.1) is 11.5 Å². The molecule has 0 aromatic heterocycles. The highest BCUT2D eigenvalue weighted by Crippen LogP contribution is 2.53. The fraction of sp³-hybridized carbons (Fsp3) is 0.500. The van der Waals surface area contributed by atoms with Gasteiger partial charge in [0.15, 0.2) is 0 Å². The number of hydrogen-bond acceptors (Lipinski definition) is 1. The molecule has 2 atom stereocenters. The van der Waals surface area contributed by atoms with Gasteiger partial charge in [-0.15, -0.1) is 0 Å². The SMILES string of the molecule is CC(C)c1ccc(C2(C#N)CC2C)cc1. The molecule has 0 heterocycles. The van der Waals surface area contributed by atoms with Crippen molar-refractivity contribution >= 4 is 0 Å². The van der Waals surface area contributed by atoms with Crippen LogP contribution in [0.5, 0.6) is 0 Å². The zero-order chi connectivity index (χ0) is 11.1. The van der Waals surface area contributed by atoms with Crippen molar-refractivity contribution in [1.29, 1.82) is 5.26 Å². The molecule has 0 spiro atoms. The fourth-order valence-corrected chi connectivity index (χ4v) is 2.21. The van der Waals surface area contributed by atoms with Crippen molar-refractivity contribution in [1.82, 2.24) is 0 Å². The zero-order valence-electron chi connectivity index (χ0n) is 9.62. The first-order valence-electron chi connectivity index (χ1n) is 5.62. The van der Waals surface area contributed by atoms with Crippen LogP contribution in [0.2, 0.25) is 0 Å². The van der Waals surface area contributed by atoms with Gasteiger partial charge in [0.1, 0.15) is 0 Å². The molecule has 1 aliphatic carbocycles. The van der Waals surface area contributed by atoms with E-state index in [0.717, 1.165) is 6.42 Å². The molecule has 2 rings (SSSR count). The van der Waals surface area contributed by atoms with Crippen LogP contribution in [-0.2, 0) is 5.41 Å². The zero-order valence-corrected chi connectivity index (χ0v) is 9.62. The Bertz CT molecular complexity index is 396. The topological polar surface area (TPSA) is 23.8 Å². The third-order valence-corrected chi connectivity index (χ3v) is 3.60. The standard InChI is InChI=1S/C14H17N/c1-10(2)12-4-6-13(7-5-12)14(9-15)8-11(14)3/h4-7,10-11H,8H2,1-3H3. The maximum Gasteiger partial charge on any atom is 0.0851 e. The van der Waals surface area contributed by atoms with Gasteiger partial charge in [-0.25, -0.2) is 0 Å². The van der Waals surface area contributed by atoms with Crippen LogP contribution >= 0.6 is 0 Å². The minimum atomic E-state index is -0.171. The summed E-state index contributed by atoms with van der Waals surface area (Å²) in [7, 11) is 0. The molecule has 1 heteroatoms. The largest absolute Gasteiger partial charge is 0.197 e. The first-order valence-corrected chi connectivity index (χ1v) is 5.62. The van der Waals surface area contributed by atoms with E-state index in [2.05, 4.69) is 51.1 Å². The second kappa shape index (κ2) is 3.38. The van der Waals surface area contributed by atoms with E-state index in [9.17, 15) is 5.26 Å². The van der Waals surface area contributed by atoms with E-state index in [0.29, 0.717) is 11.8 Å². The number of nitrogens with zero attached hydrogens (tertiary/aromatic N) is 1. The quantitative estimate of drug-likeness (QED) is 0.713. The van der Waals surface area contributed by atoms with Crippen molar-refractivity contribution < 1.29 is 0 Å². The Balaban J connectivity index is 2.29. The molecule has 1 nitrogen and oxygen atoms in total. The Labute approximate surface area is 91.7 Å². The van der Waals surface area contributed by atoms with Crippen LogP contribution in [0.1, 0.15) is 44.2 Å². The van der Waals surface area contributed by atoms with Gasteiger partial charge in [-0.1, -0.05) is 45.0 Å². The normalized spacial score (nSPS) is 28.9. The number of nitriles is 1. The molecule has 0 radical (unpaired) electrons. The van der Waals surface area contributed by atoms with E-state index >= 15 is 0 Å². The first-order chi connectivity index (χ1) is 7.10. The van der Waals surface area contributed by atoms with Crippen LogP contribution in [0.15, 0.2) is 24.3 Å². The van der Waals surface area contributed by atoms with Crippen molar-refractivity contribution in [3.8, 4) is 6.07 Å². The van der Waals surface area contributed by atoms with Gasteiger partial charge in [-0.2, -0.15) is 5.26 Å². The van der Waals surface area contributed by atoms with E-state index in [1.165, 1.54) is 11.1 Å². The number of hydrogen-bond donors (Lipinski definition) is 0. The molecular formula is C14H17N. The van der Waals surface area contributed by atoms with E-state index in [1.807, 2.05) is 0 Å². The first kappa shape index (κ1) is 10.2. The van der Waals surface area contributed by atoms with Crippen LogP contribution in [0.25, 0.3) is 0 Å². The van der Waals surface area contributed by atoms with Gasteiger partial charge >= 0.3 is 0 Å². The lowest BCUT2D eigenvalue weighted by atomic mass is 9.92. The molecule has 1 aromatic rings. The maximum atomic E-state index is 9.21.